The van der Waals surface area contributed by atoms with E-state index in [1.165, 1.54) is 11.4 Å². The minimum atomic E-state index is 0.270. The van der Waals surface area contributed by atoms with Crippen molar-refractivity contribution in [1.29, 1.82) is 0 Å². The molecule has 4 heteroatoms. The summed E-state index contributed by atoms with van der Waals surface area (Å²) in [4.78, 5) is 25.4. The van der Waals surface area contributed by atoms with Crippen LogP contribution in [0.1, 0.15) is 64.2 Å². The van der Waals surface area contributed by atoms with Crippen LogP contribution in [-0.2, 0) is 25.9 Å². The highest BCUT2D eigenvalue weighted by atomic mass is 16.1. The number of nitrogens with zero attached hydrogens (tertiary/aromatic N) is 2. The molecule has 2 aromatic carbocycles. The van der Waals surface area contributed by atoms with Crippen molar-refractivity contribution in [2.75, 3.05) is 0 Å². The molecule has 0 radical (unpaired) electrons. The highest BCUT2D eigenvalue weighted by Gasteiger charge is 2.26. The first-order chi connectivity index (χ1) is 17.2. The average Bonchev–Trinajstić information content (AvgIpc) is 3.46. The van der Waals surface area contributed by atoms with Gasteiger partial charge in [0.05, 0.1) is 0 Å². The van der Waals surface area contributed by atoms with Crippen LogP contribution in [0.25, 0.3) is 22.5 Å². The van der Waals surface area contributed by atoms with Crippen molar-refractivity contribution in [3.8, 4) is 22.5 Å². The highest BCUT2D eigenvalue weighted by Crippen LogP contribution is 2.33. The van der Waals surface area contributed by atoms with E-state index in [9.17, 15) is 9.59 Å². The van der Waals surface area contributed by atoms with Gasteiger partial charge in [0.15, 0.2) is 11.6 Å². The van der Waals surface area contributed by atoms with Crippen LogP contribution >= 0.6 is 0 Å². The van der Waals surface area contributed by atoms with Crippen molar-refractivity contribution in [2.45, 2.75) is 58.0 Å². The van der Waals surface area contributed by atoms with Crippen LogP contribution in [-0.4, -0.2) is 20.7 Å². The van der Waals surface area contributed by atoms with Crippen LogP contribution in [0.2, 0.25) is 0 Å². The van der Waals surface area contributed by atoms with E-state index >= 15 is 0 Å². The molecule has 2 aromatic heterocycles. The maximum Gasteiger partial charge on any atom is 0.164 e. The predicted octanol–water partition coefficient (Wildman–Crippen LogP) is 6.75. The molecule has 2 heterocycles. The number of hydrogen-bond acceptors (Lipinski definition) is 2. The lowest BCUT2D eigenvalue weighted by Gasteiger charge is -2.19. The van der Waals surface area contributed by atoms with Crippen molar-refractivity contribution >= 4 is 11.6 Å². The standard InChI is InChI=1S/C31H30N2O2/c34-30-16-7-14-26-24(30)20-28(22-10-3-1-4-11-22)32(26)18-9-19-33-27-15-8-17-31(35)25(27)21-29(33)23-12-5-2-6-13-23/h1-6,10-13,20-21H,7-9,14-19H2. The normalized spacial score (nSPS) is 15.2. The van der Waals surface area contributed by atoms with Crippen molar-refractivity contribution in [3.05, 3.63) is 95.3 Å². The lowest BCUT2D eigenvalue weighted by atomic mass is 9.96. The summed E-state index contributed by atoms with van der Waals surface area (Å²) in [5, 5.41) is 0. The van der Waals surface area contributed by atoms with Gasteiger partial charge in [-0.05, 0) is 55.4 Å². The van der Waals surface area contributed by atoms with Crippen LogP contribution in [0.3, 0.4) is 0 Å². The maximum atomic E-state index is 12.7. The van der Waals surface area contributed by atoms with Crippen molar-refractivity contribution in [2.24, 2.45) is 0 Å². The minimum absolute atomic E-state index is 0.270. The van der Waals surface area contributed by atoms with Crippen molar-refractivity contribution in [1.82, 2.24) is 9.13 Å². The van der Waals surface area contributed by atoms with Crippen LogP contribution < -0.4 is 0 Å². The van der Waals surface area contributed by atoms with Gasteiger partial charge in [0.2, 0.25) is 0 Å². The Kier molecular flexibility index (Phi) is 5.73. The number of benzene rings is 2. The first kappa shape index (κ1) is 21.8. The third-order valence-corrected chi connectivity index (χ3v) is 7.56. The summed E-state index contributed by atoms with van der Waals surface area (Å²) < 4.78 is 4.76. The van der Waals surface area contributed by atoms with Gasteiger partial charge in [-0.2, -0.15) is 0 Å². The molecule has 2 aliphatic rings. The molecule has 0 amide bonds. The quantitative estimate of drug-likeness (QED) is 0.318. The molecular formula is C31H30N2O2. The number of fused-ring (bicyclic) bond motifs is 2. The fraction of sp³-hybridized carbons (Fsp3) is 0.290. The van der Waals surface area contributed by atoms with Gasteiger partial charge in [-0.1, -0.05) is 60.7 Å². The Morgan fingerprint density at radius 1 is 0.571 bits per heavy atom. The first-order valence-electron chi connectivity index (χ1n) is 12.8. The Morgan fingerprint density at radius 3 is 1.43 bits per heavy atom. The Bertz CT molecular complexity index is 1290. The summed E-state index contributed by atoms with van der Waals surface area (Å²) in [5.74, 6) is 0.540. The van der Waals surface area contributed by atoms with Gasteiger partial charge < -0.3 is 9.13 Å². The highest BCUT2D eigenvalue weighted by molar-refractivity contribution is 6.00. The van der Waals surface area contributed by atoms with Crippen LogP contribution in [0, 0.1) is 0 Å². The largest absolute Gasteiger partial charge is 0.344 e. The van der Waals surface area contributed by atoms with E-state index in [1.807, 2.05) is 12.1 Å². The van der Waals surface area contributed by atoms with Gasteiger partial charge in [-0.25, -0.2) is 0 Å². The molecule has 35 heavy (non-hydrogen) atoms. The molecule has 2 aliphatic carbocycles. The molecule has 0 N–H and O–H groups in total. The molecular weight excluding hydrogens is 432 g/mol. The van der Waals surface area contributed by atoms with Gasteiger partial charge in [0.1, 0.15) is 0 Å². The molecule has 176 valence electrons. The number of rotatable bonds is 6. The van der Waals surface area contributed by atoms with E-state index in [0.717, 1.165) is 78.8 Å². The third-order valence-electron chi connectivity index (χ3n) is 7.56. The zero-order valence-corrected chi connectivity index (χ0v) is 20.0. The first-order valence-corrected chi connectivity index (χ1v) is 12.8. The Balaban J connectivity index is 1.34. The second-order valence-electron chi connectivity index (χ2n) is 9.72. The molecule has 0 unspecified atom stereocenters. The number of carbonyl (C=O) groups is 2. The number of aromatic nitrogens is 2. The van der Waals surface area contributed by atoms with E-state index in [4.69, 9.17) is 0 Å². The van der Waals surface area contributed by atoms with E-state index in [2.05, 4.69) is 69.8 Å². The summed E-state index contributed by atoms with van der Waals surface area (Å²) >= 11 is 0. The summed E-state index contributed by atoms with van der Waals surface area (Å²) in [6, 6.07) is 25.0. The van der Waals surface area contributed by atoms with Gasteiger partial charge in [-0.15, -0.1) is 0 Å². The maximum absolute atomic E-state index is 12.7. The van der Waals surface area contributed by atoms with Crippen LogP contribution in [0.5, 0.6) is 0 Å². The van der Waals surface area contributed by atoms with Gasteiger partial charge in [0.25, 0.3) is 0 Å². The second kappa shape index (κ2) is 9.18. The molecule has 6 rings (SSSR count). The molecule has 4 nitrogen and oxygen atoms in total. The topological polar surface area (TPSA) is 44.0 Å². The second-order valence-corrected chi connectivity index (χ2v) is 9.72. The predicted molar refractivity (Wildman–Crippen MR) is 139 cm³/mol. The third kappa shape index (κ3) is 3.97. The smallest absolute Gasteiger partial charge is 0.164 e. The Labute approximate surface area is 206 Å². The molecule has 0 atom stereocenters. The van der Waals surface area contributed by atoms with E-state index in [0.29, 0.717) is 12.8 Å². The van der Waals surface area contributed by atoms with Gasteiger partial charge in [0, 0.05) is 59.8 Å². The SMILES string of the molecule is O=C1CCCc2c1cc(-c1ccccc1)n2CCCn1c(-c2ccccc2)cc2c1CCCC2=O. The molecule has 0 aliphatic heterocycles. The Morgan fingerprint density at radius 2 is 1.00 bits per heavy atom. The van der Waals surface area contributed by atoms with E-state index in [-0.39, 0.29) is 11.6 Å². The summed E-state index contributed by atoms with van der Waals surface area (Å²) in [7, 11) is 0. The molecule has 4 aromatic rings. The number of carbonyl (C=O) groups excluding carboxylic acids is 2. The van der Waals surface area contributed by atoms with Crippen molar-refractivity contribution < 1.29 is 9.59 Å². The van der Waals surface area contributed by atoms with E-state index < -0.39 is 0 Å². The summed E-state index contributed by atoms with van der Waals surface area (Å²) in [6.07, 6.45) is 5.99. The molecule has 0 saturated heterocycles. The zero-order valence-electron chi connectivity index (χ0n) is 20.0. The monoisotopic (exact) mass is 462 g/mol. The number of Topliss-reactive ketones (excluding diaryl/α,β-unsaturated/α-hetero) is 2. The lowest BCUT2D eigenvalue weighted by Crippen LogP contribution is -2.16. The fourth-order valence-corrected chi connectivity index (χ4v) is 5.90. The summed E-state index contributed by atoms with van der Waals surface area (Å²) in [5.41, 5.74) is 8.78. The van der Waals surface area contributed by atoms with Crippen LogP contribution in [0.4, 0.5) is 0 Å². The molecule has 0 bridgehead atoms. The summed E-state index contributed by atoms with van der Waals surface area (Å²) in [6.45, 7) is 1.70. The Hall–Kier alpha value is -3.66. The average molecular weight is 463 g/mol. The minimum Gasteiger partial charge on any atom is -0.344 e. The fourth-order valence-electron chi connectivity index (χ4n) is 5.90. The lowest BCUT2D eigenvalue weighted by molar-refractivity contribution is 0.0964. The molecule has 0 fully saturated rings. The van der Waals surface area contributed by atoms with E-state index in [1.54, 1.807) is 0 Å². The van der Waals surface area contributed by atoms with Crippen LogP contribution in [0.15, 0.2) is 72.8 Å². The number of ketones is 2. The van der Waals surface area contributed by atoms with Crippen molar-refractivity contribution in [3.63, 3.8) is 0 Å². The zero-order chi connectivity index (χ0) is 23.8. The molecule has 0 saturated carbocycles. The number of hydrogen-bond donors (Lipinski definition) is 0. The van der Waals surface area contributed by atoms with Gasteiger partial charge >= 0.3 is 0 Å². The molecule has 0 spiro atoms. The van der Waals surface area contributed by atoms with Gasteiger partial charge in [-0.3, -0.25) is 9.59 Å².